The van der Waals surface area contributed by atoms with Crippen molar-refractivity contribution in [2.45, 2.75) is 33.2 Å². The van der Waals surface area contributed by atoms with E-state index >= 15 is 0 Å². The average molecular weight is 314 g/mol. The van der Waals surface area contributed by atoms with E-state index in [1.54, 1.807) is 13.2 Å². The molecule has 0 bridgehead atoms. The number of ether oxygens (including phenoxy) is 1. The Hall–Kier alpha value is -1.03. The maximum Gasteiger partial charge on any atom is 0.252 e. The van der Waals surface area contributed by atoms with Crippen molar-refractivity contribution in [3.05, 3.63) is 28.2 Å². The number of methoxy groups -OCH3 is 1. The van der Waals surface area contributed by atoms with Crippen LogP contribution in [0, 0.1) is 5.92 Å². The molecule has 0 aliphatic heterocycles. The van der Waals surface area contributed by atoms with Gasteiger partial charge in [-0.25, -0.2) is 0 Å². The Morgan fingerprint density at radius 1 is 1.39 bits per heavy atom. The first-order valence-electron chi connectivity index (χ1n) is 6.08. The second kappa shape index (κ2) is 6.78. The summed E-state index contributed by atoms with van der Waals surface area (Å²) in [4.78, 5) is 12.1. The molecule has 0 spiro atoms. The molecule has 0 fully saturated rings. The lowest BCUT2D eigenvalue weighted by atomic mass is 10.0. The van der Waals surface area contributed by atoms with Crippen LogP contribution in [0.1, 0.15) is 37.6 Å². The van der Waals surface area contributed by atoms with E-state index in [1.807, 2.05) is 19.1 Å². The van der Waals surface area contributed by atoms with Crippen LogP contribution in [-0.2, 0) is 0 Å². The third kappa shape index (κ3) is 4.33. The van der Waals surface area contributed by atoms with Crippen LogP contribution in [0.3, 0.4) is 0 Å². The van der Waals surface area contributed by atoms with E-state index < -0.39 is 0 Å². The minimum absolute atomic E-state index is 0.0751. The predicted molar refractivity (Wildman–Crippen MR) is 77.1 cm³/mol. The van der Waals surface area contributed by atoms with Gasteiger partial charge < -0.3 is 10.1 Å². The highest BCUT2D eigenvalue weighted by atomic mass is 79.9. The van der Waals surface area contributed by atoms with Crippen LogP contribution in [0.5, 0.6) is 5.75 Å². The molecule has 4 heteroatoms. The van der Waals surface area contributed by atoms with Gasteiger partial charge in [0.1, 0.15) is 5.75 Å². The third-order valence-electron chi connectivity index (χ3n) is 2.62. The van der Waals surface area contributed by atoms with Gasteiger partial charge in [0, 0.05) is 10.5 Å². The number of amides is 1. The van der Waals surface area contributed by atoms with Crippen molar-refractivity contribution in [3.8, 4) is 5.75 Å². The zero-order valence-electron chi connectivity index (χ0n) is 11.3. The van der Waals surface area contributed by atoms with Crippen LogP contribution in [0.4, 0.5) is 0 Å². The molecular weight excluding hydrogens is 294 g/mol. The van der Waals surface area contributed by atoms with E-state index in [1.165, 1.54) is 0 Å². The lowest BCUT2D eigenvalue weighted by Gasteiger charge is -2.16. The quantitative estimate of drug-likeness (QED) is 0.901. The van der Waals surface area contributed by atoms with Crippen LogP contribution in [-0.4, -0.2) is 19.1 Å². The Kier molecular flexibility index (Phi) is 5.66. The second-order valence-corrected chi connectivity index (χ2v) is 5.70. The van der Waals surface area contributed by atoms with Crippen LogP contribution >= 0.6 is 15.9 Å². The topological polar surface area (TPSA) is 38.3 Å². The molecule has 100 valence electrons. The first kappa shape index (κ1) is 15.0. The minimum Gasteiger partial charge on any atom is -0.497 e. The van der Waals surface area contributed by atoms with Gasteiger partial charge in [0.05, 0.1) is 12.7 Å². The Morgan fingerprint density at radius 3 is 2.61 bits per heavy atom. The molecule has 3 nitrogen and oxygen atoms in total. The highest BCUT2D eigenvalue weighted by molar-refractivity contribution is 9.10. The highest BCUT2D eigenvalue weighted by Gasteiger charge is 2.14. The number of hydrogen-bond acceptors (Lipinski definition) is 2. The lowest BCUT2D eigenvalue weighted by molar-refractivity contribution is 0.0935. The second-order valence-electron chi connectivity index (χ2n) is 4.85. The SMILES string of the molecule is COc1ccc(Br)c(C(=O)NC(C)CC(C)C)c1. The molecule has 0 saturated carbocycles. The van der Waals surface area contributed by atoms with E-state index in [0.29, 0.717) is 17.2 Å². The molecule has 1 amide bonds. The lowest BCUT2D eigenvalue weighted by Crippen LogP contribution is -2.33. The summed E-state index contributed by atoms with van der Waals surface area (Å²) in [5, 5.41) is 3.00. The first-order valence-corrected chi connectivity index (χ1v) is 6.87. The van der Waals surface area contributed by atoms with E-state index in [9.17, 15) is 4.79 Å². The largest absolute Gasteiger partial charge is 0.497 e. The number of carbonyl (C=O) groups is 1. The number of halogens is 1. The molecule has 0 radical (unpaired) electrons. The maximum absolute atomic E-state index is 12.1. The zero-order chi connectivity index (χ0) is 13.7. The number of hydrogen-bond donors (Lipinski definition) is 1. The van der Waals surface area contributed by atoms with Crippen molar-refractivity contribution in [1.29, 1.82) is 0 Å². The average Bonchev–Trinajstić information content (AvgIpc) is 2.28. The summed E-state index contributed by atoms with van der Waals surface area (Å²) in [5.74, 6) is 1.17. The number of rotatable bonds is 5. The van der Waals surface area contributed by atoms with Crippen LogP contribution in [0.25, 0.3) is 0 Å². The van der Waals surface area contributed by atoms with Crippen LogP contribution in [0.2, 0.25) is 0 Å². The van der Waals surface area contributed by atoms with Crippen molar-refractivity contribution in [2.75, 3.05) is 7.11 Å². The minimum atomic E-state index is -0.0751. The molecule has 1 aromatic carbocycles. The van der Waals surface area contributed by atoms with Crippen molar-refractivity contribution in [2.24, 2.45) is 5.92 Å². The standard InChI is InChI=1S/C14H20BrNO2/c1-9(2)7-10(3)16-14(17)12-8-11(18-4)5-6-13(12)15/h5-6,8-10H,7H2,1-4H3,(H,16,17). The molecule has 1 unspecified atom stereocenters. The van der Waals surface area contributed by atoms with Gasteiger partial charge in [0.25, 0.3) is 5.91 Å². The fraction of sp³-hybridized carbons (Fsp3) is 0.500. The molecule has 0 heterocycles. The van der Waals surface area contributed by atoms with Gasteiger partial charge in [-0.1, -0.05) is 13.8 Å². The van der Waals surface area contributed by atoms with Crippen molar-refractivity contribution in [3.63, 3.8) is 0 Å². The van der Waals surface area contributed by atoms with Crippen LogP contribution < -0.4 is 10.1 Å². The summed E-state index contributed by atoms with van der Waals surface area (Å²) in [5.41, 5.74) is 0.602. The Balaban J connectivity index is 2.77. The van der Waals surface area contributed by atoms with Crippen molar-refractivity contribution < 1.29 is 9.53 Å². The van der Waals surface area contributed by atoms with Gasteiger partial charge in [-0.05, 0) is 53.4 Å². The summed E-state index contributed by atoms with van der Waals surface area (Å²) in [6, 6.07) is 5.54. The van der Waals surface area contributed by atoms with Gasteiger partial charge in [-0.3, -0.25) is 4.79 Å². The van der Waals surface area contributed by atoms with E-state index in [2.05, 4.69) is 35.1 Å². The van der Waals surface area contributed by atoms with E-state index in [4.69, 9.17) is 4.74 Å². The molecule has 1 aromatic rings. The highest BCUT2D eigenvalue weighted by Crippen LogP contribution is 2.22. The predicted octanol–water partition coefficient (Wildman–Crippen LogP) is 3.62. The van der Waals surface area contributed by atoms with Gasteiger partial charge in [-0.15, -0.1) is 0 Å². The molecule has 1 rings (SSSR count). The van der Waals surface area contributed by atoms with Gasteiger partial charge >= 0.3 is 0 Å². The Bertz CT molecular complexity index is 418. The number of benzene rings is 1. The summed E-state index contributed by atoms with van der Waals surface area (Å²) in [6.45, 7) is 6.31. The zero-order valence-corrected chi connectivity index (χ0v) is 12.9. The molecule has 1 atom stereocenters. The molecule has 18 heavy (non-hydrogen) atoms. The van der Waals surface area contributed by atoms with Crippen LogP contribution in [0.15, 0.2) is 22.7 Å². The molecule has 0 aliphatic rings. The normalized spacial score (nSPS) is 12.3. The fourth-order valence-electron chi connectivity index (χ4n) is 1.87. The summed E-state index contributed by atoms with van der Waals surface area (Å²) < 4.78 is 5.90. The number of nitrogens with one attached hydrogen (secondary N) is 1. The Labute approximate surface area is 117 Å². The van der Waals surface area contributed by atoms with Gasteiger partial charge in [0.2, 0.25) is 0 Å². The van der Waals surface area contributed by atoms with Crippen molar-refractivity contribution >= 4 is 21.8 Å². The molecule has 0 saturated heterocycles. The molecule has 0 aromatic heterocycles. The third-order valence-corrected chi connectivity index (χ3v) is 3.31. The van der Waals surface area contributed by atoms with Gasteiger partial charge in [-0.2, -0.15) is 0 Å². The molecule has 0 aliphatic carbocycles. The first-order chi connectivity index (χ1) is 8.43. The van der Waals surface area contributed by atoms with Crippen molar-refractivity contribution in [1.82, 2.24) is 5.32 Å². The van der Waals surface area contributed by atoms with E-state index in [-0.39, 0.29) is 11.9 Å². The summed E-state index contributed by atoms with van der Waals surface area (Å²) in [6.07, 6.45) is 0.966. The maximum atomic E-state index is 12.1. The smallest absolute Gasteiger partial charge is 0.252 e. The monoisotopic (exact) mass is 313 g/mol. The Morgan fingerprint density at radius 2 is 2.06 bits per heavy atom. The summed E-state index contributed by atoms with van der Waals surface area (Å²) in [7, 11) is 1.59. The summed E-state index contributed by atoms with van der Waals surface area (Å²) >= 11 is 3.38. The molecule has 1 N–H and O–H groups in total. The fourth-order valence-corrected chi connectivity index (χ4v) is 2.30. The molecular formula is C14H20BrNO2. The van der Waals surface area contributed by atoms with Gasteiger partial charge in [0.15, 0.2) is 0 Å². The van der Waals surface area contributed by atoms with E-state index in [0.717, 1.165) is 10.9 Å². The number of carbonyl (C=O) groups excluding carboxylic acids is 1.